The maximum atomic E-state index is 6.47. The van der Waals surface area contributed by atoms with Crippen molar-refractivity contribution in [2.45, 2.75) is 26.6 Å². The minimum Gasteiger partial charge on any atom is -0.493 e. The third-order valence-electron chi connectivity index (χ3n) is 4.28. The molecule has 2 aromatic carbocycles. The first kappa shape index (κ1) is 19.2. The summed E-state index contributed by atoms with van der Waals surface area (Å²) in [6.45, 7) is 3.85. The SMILES string of the molecule is COc1cc(CNCc2ccccn2)cc(Cl)c1OCc1ccccc1C. The van der Waals surface area contributed by atoms with Gasteiger partial charge < -0.3 is 14.8 Å². The summed E-state index contributed by atoms with van der Waals surface area (Å²) in [6, 6.07) is 17.9. The van der Waals surface area contributed by atoms with Crippen LogP contribution in [-0.4, -0.2) is 12.1 Å². The van der Waals surface area contributed by atoms with Gasteiger partial charge in [0.15, 0.2) is 11.5 Å². The molecule has 0 aliphatic heterocycles. The van der Waals surface area contributed by atoms with Crippen molar-refractivity contribution in [3.05, 3.63) is 88.2 Å². The van der Waals surface area contributed by atoms with Crippen molar-refractivity contribution < 1.29 is 9.47 Å². The van der Waals surface area contributed by atoms with Crippen LogP contribution in [0.2, 0.25) is 5.02 Å². The van der Waals surface area contributed by atoms with Crippen molar-refractivity contribution >= 4 is 11.6 Å². The Kier molecular flexibility index (Phi) is 6.69. The molecule has 27 heavy (non-hydrogen) atoms. The van der Waals surface area contributed by atoms with E-state index in [2.05, 4.69) is 23.3 Å². The van der Waals surface area contributed by atoms with Crippen molar-refractivity contribution in [3.63, 3.8) is 0 Å². The molecule has 0 fully saturated rings. The van der Waals surface area contributed by atoms with E-state index in [-0.39, 0.29) is 0 Å². The first-order valence-electron chi connectivity index (χ1n) is 8.81. The summed E-state index contributed by atoms with van der Waals surface area (Å²) in [5.74, 6) is 1.20. The molecular formula is C22H23ClN2O2. The summed E-state index contributed by atoms with van der Waals surface area (Å²) in [7, 11) is 1.62. The maximum absolute atomic E-state index is 6.47. The predicted molar refractivity (Wildman–Crippen MR) is 108 cm³/mol. The van der Waals surface area contributed by atoms with E-state index >= 15 is 0 Å². The maximum Gasteiger partial charge on any atom is 0.180 e. The Morgan fingerprint density at radius 2 is 1.85 bits per heavy atom. The number of pyridine rings is 1. The molecule has 0 radical (unpaired) electrons. The summed E-state index contributed by atoms with van der Waals surface area (Å²) in [4.78, 5) is 4.30. The average Bonchev–Trinajstić information content (AvgIpc) is 2.69. The molecule has 0 bridgehead atoms. The van der Waals surface area contributed by atoms with Crippen molar-refractivity contribution in [1.82, 2.24) is 10.3 Å². The minimum absolute atomic E-state index is 0.444. The van der Waals surface area contributed by atoms with E-state index in [0.717, 1.165) is 16.8 Å². The summed E-state index contributed by atoms with van der Waals surface area (Å²) < 4.78 is 11.5. The van der Waals surface area contributed by atoms with E-state index in [4.69, 9.17) is 21.1 Å². The van der Waals surface area contributed by atoms with E-state index < -0.39 is 0 Å². The smallest absolute Gasteiger partial charge is 0.180 e. The highest BCUT2D eigenvalue weighted by molar-refractivity contribution is 6.32. The Morgan fingerprint density at radius 3 is 2.59 bits per heavy atom. The number of rotatable bonds is 8. The third kappa shape index (κ3) is 5.22. The lowest BCUT2D eigenvalue weighted by atomic mass is 10.1. The molecule has 0 amide bonds. The number of aromatic nitrogens is 1. The number of methoxy groups -OCH3 is 1. The standard InChI is InChI=1S/C22H23ClN2O2/c1-16-7-3-4-8-18(16)15-27-22-20(23)11-17(12-21(22)26-2)13-24-14-19-9-5-6-10-25-19/h3-12,24H,13-15H2,1-2H3. The second-order valence-electron chi connectivity index (χ2n) is 6.25. The molecule has 5 heteroatoms. The van der Waals surface area contributed by atoms with E-state index in [9.17, 15) is 0 Å². The van der Waals surface area contributed by atoms with Gasteiger partial charge in [0.05, 0.1) is 17.8 Å². The molecule has 1 N–H and O–H groups in total. The summed E-state index contributed by atoms with van der Waals surface area (Å²) in [6.07, 6.45) is 1.79. The fraction of sp³-hybridized carbons (Fsp3) is 0.227. The van der Waals surface area contributed by atoms with Gasteiger partial charge in [-0.2, -0.15) is 0 Å². The van der Waals surface area contributed by atoms with E-state index in [1.54, 1.807) is 13.3 Å². The molecule has 3 aromatic rings. The zero-order chi connectivity index (χ0) is 19.1. The van der Waals surface area contributed by atoms with Gasteiger partial charge in [0, 0.05) is 19.3 Å². The molecule has 0 atom stereocenters. The lowest BCUT2D eigenvalue weighted by Gasteiger charge is -2.15. The van der Waals surface area contributed by atoms with Crippen molar-refractivity contribution in [2.24, 2.45) is 0 Å². The van der Waals surface area contributed by atoms with Crippen LogP contribution in [0.1, 0.15) is 22.4 Å². The Balaban J connectivity index is 1.66. The lowest BCUT2D eigenvalue weighted by Crippen LogP contribution is -2.13. The van der Waals surface area contributed by atoms with E-state index in [0.29, 0.717) is 36.2 Å². The molecule has 0 aliphatic carbocycles. The lowest BCUT2D eigenvalue weighted by molar-refractivity contribution is 0.284. The van der Waals surface area contributed by atoms with Crippen LogP contribution in [0.4, 0.5) is 0 Å². The van der Waals surface area contributed by atoms with Gasteiger partial charge in [-0.25, -0.2) is 0 Å². The number of ether oxygens (including phenoxy) is 2. The second-order valence-corrected chi connectivity index (χ2v) is 6.66. The topological polar surface area (TPSA) is 43.4 Å². The molecule has 1 heterocycles. The molecule has 3 rings (SSSR count). The van der Waals surface area contributed by atoms with Gasteiger partial charge in [0.1, 0.15) is 6.61 Å². The van der Waals surface area contributed by atoms with Crippen LogP contribution in [0, 0.1) is 6.92 Å². The molecular weight excluding hydrogens is 360 g/mol. The van der Waals surface area contributed by atoms with Crippen LogP contribution in [0.15, 0.2) is 60.8 Å². The molecule has 0 spiro atoms. The van der Waals surface area contributed by atoms with Gasteiger partial charge in [-0.15, -0.1) is 0 Å². The second kappa shape index (κ2) is 9.40. The van der Waals surface area contributed by atoms with Gasteiger partial charge in [-0.1, -0.05) is 41.9 Å². The first-order chi connectivity index (χ1) is 13.2. The molecule has 0 saturated carbocycles. The van der Waals surface area contributed by atoms with Crippen molar-refractivity contribution in [3.8, 4) is 11.5 Å². The average molecular weight is 383 g/mol. The van der Waals surface area contributed by atoms with Crippen LogP contribution >= 0.6 is 11.6 Å². The monoisotopic (exact) mass is 382 g/mol. The fourth-order valence-corrected chi connectivity index (χ4v) is 3.06. The van der Waals surface area contributed by atoms with Crippen LogP contribution in [0.5, 0.6) is 11.5 Å². The molecule has 140 valence electrons. The van der Waals surface area contributed by atoms with Gasteiger partial charge in [-0.3, -0.25) is 4.98 Å². The summed E-state index contributed by atoms with van der Waals surface area (Å²) in [5, 5.41) is 3.90. The molecule has 0 aliphatic rings. The van der Waals surface area contributed by atoms with Crippen molar-refractivity contribution in [1.29, 1.82) is 0 Å². The number of hydrogen-bond acceptors (Lipinski definition) is 4. The molecule has 0 saturated heterocycles. The minimum atomic E-state index is 0.444. The number of hydrogen-bond donors (Lipinski definition) is 1. The Hall–Kier alpha value is -2.56. The van der Waals surface area contributed by atoms with Crippen LogP contribution < -0.4 is 14.8 Å². The molecule has 0 unspecified atom stereocenters. The number of benzene rings is 2. The first-order valence-corrected chi connectivity index (χ1v) is 9.19. The quantitative estimate of drug-likeness (QED) is 0.600. The number of halogens is 1. The number of aryl methyl sites for hydroxylation is 1. The van der Waals surface area contributed by atoms with Crippen LogP contribution in [0.25, 0.3) is 0 Å². The summed E-state index contributed by atoms with van der Waals surface area (Å²) in [5.41, 5.74) is 4.32. The predicted octanol–water partition coefficient (Wildman–Crippen LogP) is 4.92. The summed E-state index contributed by atoms with van der Waals surface area (Å²) >= 11 is 6.47. The fourth-order valence-electron chi connectivity index (χ4n) is 2.77. The van der Waals surface area contributed by atoms with E-state index in [1.807, 2.05) is 48.5 Å². The van der Waals surface area contributed by atoms with E-state index in [1.165, 1.54) is 5.56 Å². The van der Waals surface area contributed by atoms with Crippen LogP contribution in [0.3, 0.4) is 0 Å². The molecule has 1 aromatic heterocycles. The Morgan fingerprint density at radius 1 is 1.04 bits per heavy atom. The van der Waals surface area contributed by atoms with Gasteiger partial charge in [0.25, 0.3) is 0 Å². The van der Waals surface area contributed by atoms with Crippen LogP contribution in [-0.2, 0) is 19.7 Å². The normalized spacial score (nSPS) is 10.6. The zero-order valence-electron chi connectivity index (χ0n) is 15.5. The molecule has 4 nitrogen and oxygen atoms in total. The van der Waals surface area contributed by atoms with Gasteiger partial charge in [-0.05, 0) is 47.9 Å². The third-order valence-corrected chi connectivity index (χ3v) is 4.56. The highest BCUT2D eigenvalue weighted by Gasteiger charge is 2.13. The number of nitrogens with zero attached hydrogens (tertiary/aromatic N) is 1. The Bertz CT molecular complexity index is 885. The van der Waals surface area contributed by atoms with Gasteiger partial charge >= 0.3 is 0 Å². The largest absolute Gasteiger partial charge is 0.493 e. The highest BCUT2D eigenvalue weighted by atomic mass is 35.5. The van der Waals surface area contributed by atoms with Crippen molar-refractivity contribution in [2.75, 3.05) is 7.11 Å². The van der Waals surface area contributed by atoms with Gasteiger partial charge in [0.2, 0.25) is 0 Å². The Labute approximate surface area is 165 Å². The number of nitrogens with one attached hydrogen (secondary N) is 1. The highest BCUT2D eigenvalue weighted by Crippen LogP contribution is 2.37. The zero-order valence-corrected chi connectivity index (χ0v) is 16.3.